The number of rotatable bonds is 3. The molecular weight excluding hydrogens is 164 g/mol. The SMILES string of the molecule is Cc1cccc(NCC(C)(C)O)n1. The highest BCUT2D eigenvalue weighted by molar-refractivity contribution is 5.35. The summed E-state index contributed by atoms with van der Waals surface area (Å²) >= 11 is 0. The first-order valence-electron chi connectivity index (χ1n) is 4.37. The molecule has 0 atom stereocenters. The summed E-state index contributed by atoms with van der Waals surface area (Å²) < 4.78 is 0. The molecule has 3 heteroatoms. The summed E-state index contributed by atoms with van der Waals surface area (Å²) in [5, 5.41) is 12.5. The molecule has 0 radical (unpaired) electrons. The van der Waals surface area contributed by atoms with Crippen molar-refractivity contribution in [3.8, 4) is 0 Å². The molecule has 0 aromatic carbocycles. The highest BCUT2D eigenvalue weighted by Crippen LogP contribution is 2.06. The van der Waals surface area contributed by atoms with Crippen LogP contribution in [0.25, 0.3) is 0 Å². The molecule has 0 amide bonds. The Bertz CT molecular complexity index is 278. The van der Waals surface area contributed by atoms with E-state index in [0.717, 1.165) is 11.5 Å². The third-order valence-corrected chi connectivity index (χ3v) is 1.59. The second kappa shape index (κ2) is 3.75. The molecule has 13 heavy (non-hydrogen) atoms. The number of anilines is 1. The Morgan fingerprint density at radius 3 is 2.69 bits per heavy atom. The number of nitrogens with one attached hydrogen (secondary N) is 1. The number of aromatic nitrogens is 1. The van der Waals surface area contributed by atoms with Crippen LogP contribution >= 0.6 is 0 Å². The minimum Gasteiger partial charge on any atom is -0.389 e. The van der Waals surface area contributed by atoms with Gasteiger partial charge in [0.05, 0.1) is 5.60 Å². The van der Waals surface area contributed by atoms with Crippen LogP contribution in [0.4, 0.5) is 5.82 Å². The van der Waals surface area contributed by atoms with E-state index < -0.39 is 5.60 Å². The molecule has 0 aliphatic heterocycles. The molecule has 2 N–H and O–H groups in total. The molecule has 72 valence electrons. The molecule has 1 aromatic rings. The molecule has 1 heterocycles. The summed E-state index contributed by atoms with van der Waals surface area (Å²) in [4.78, 5) is 4.25. The molecule has 0 fully saturated rings. The van der Waals surface area contributed by atoms with E-state index in [0.29, 0.717) is 6.54 Å². The van der Waals surface area contributed by atoms with Gasteiger partial charge in [-0.2, -0.15) is 0 Å². The summed E-state index contributed by atoms with van der Waals surface area (Å²) in [5.41, 5.74) is 0.270. The Balaban J connectivity index is 2.55. The number of hydrogen-bond donors (Lipinski definition) is 2. The van der Waals surface area contributed by atoms with Gasteiger partial charge in [-0.15, -0.1) is 0 Å². The first-order chi connectivity index (χ1) is 5.97. The average Bonchev–Trinajstić information content (AvgIpc) is 2.00. The van der Waals surface area contributed by atoms with Gasteiger partial charge in [0.15, 0.2) is 0 Å². The van der Waals surface area contributed by atoms with Crippen LogP contribution in [0, 0.1) is 6.92 Å². The van der Waals surface area contributed by atoms with Gasteiger partial charge >= 0.3 is 0 Å². The highest BCUT2D eigenvalue weighted by atomic mass is 16.3. The van der Waals surface area contributed by atoms with E-state index >= 15 is 0 Å². The molecule has 0 saturated carbocycles. The van der Waals surface area contributed by atoms with E-state index in [1.165, 1.54) is 0 Å². The molecular formula is C10H16N2O. The second-order valence-corrected chi connectivity index (χ2v) is 3.83. The molecule has 3 nitrogen and oxygen atoms in total. The quantitative estimate of drug-likeness (QED) is 0.742. The van der Waals surface area contributed by atoms with Crippen LogP contribution in [0.5, 0.6) is 0 Å². The van der Waals surface area contributed by atoms with Crippen LogP contribution in [0.2, 0.25) is 0 Å². The zero-order valence-electron chi connectivity index (χ0n) is 8.33. The largest absolute Gasteiger partial charge is 0.389 e. The van der Waals surface area contributed by atoms with Crippen LogP contribution in [-0.4, -0.2) is 22.2 Å². The highest BCUT2D eigenvalue weighted by Gasteiger charge is 2.11. The van der Waals surface area contributed by atoms with Crippen LogP contribution in [0.1, 0.15) is 19.5 Å². The Kier molecular flexibility index (Phi) is 2.88. The van der Waals surface area contributed by atoms with Gasteiger partial charge < -0.3 is 10.4 Å². The predicted octanol–water partition coefficient (Wildman–Crippen LogP) is 1.57. The van der Waals surface area contributed by atoms with Crippen LogP contribution in [0.15, 0.2) is 18.2 Å². The zero-order valence-corrected chi connectivity index (χ0v) is 8.33. The molecule has 0 unspecified atom stereocenters. The predicted molar refractivity (Wildman–Crippen MR) is 53.8 cm³/mol. The van der Waals surface area contributed by atoms with E-state index in [1.54, 1.807) is 13.8 Å². The lowest BCUT2D eigenvalue weighted by atomic mass is 10.1. The Morgan fingerprint density at radius 1 is 1.46 bits per heavy atom. The molecule has 0 aliphatic carbocycles. The minimum atomic E-state index is -0.703. The van der Waals surface area contributed by atoms with E-state index in [1.807, 2.05) is 25.1 Å². The second-order valence-electron chi connectivity index (χ2n) is 3.83. The minimum absolute atomic E-state index is 0.503. The first kappa shape index (κ1) is 9.99. The fraction of sp³-hybridized carbons (Fsp3) is 0.500. The van der Waals surface area contributed by atoms with Crippen molar-refractivity contribution in [2.75, 3.05) is 11.9 Å². The lowest BCUT2D eigenvalue weighted by Crippen LogP contribution is -2.29. The summed E-state index contributed by atoms with van der Waals surface area (Å²) in [5.74, 6) is 0.808. The number of aliphatic hydroxyl groups is 1. The summed E-state index contributed by atoms with van der Waals surface area (Å²) in [7, 11) is 0. The maximum absolute atomic E-state index is 9.46. The fourth-order valence-corrected chi connectivity index (χ4v) is 0.948. The number of nitrogens with zero attached hydrogens (tertiary/aromatic N) is 1. The topological polar surface area (TPSA) is 45.1 Å². The summed E-state index contributed by atoms with van der Waals surface area (Å²) in [6, 6.07) is 5.77. The number of hydrogen-bond acceptors (Lipinski definition) is 3. The van der Waals surface area contributed by atoms with E-state index in [9.17, 15) is 5.11 Å². The van der Waals surface area contributed by atoms with Gasteiger partial charge in [0.1, 0.15) is 5.82 Å². The average molecular weight is 180 g/mol. The summed E-state index contributed by atoms with van der Waals surface area (Å²) in [6.07, 6.45) is 0. The lowest BCUT2D eigenvalue weighted by molar-refractivity contribution is 0.0944. The Morgan fingerprint density at radius 2 is 2.15 bits per heavy atom. The first-order valence-corrected chi connectivity index (χ1v) is 4.37. The van der Waals surface area contributed by atoms with Crippen molar-refractivity contribution in [1.82, 2.24) is 4.98 Å². The standard InChI is InChI=1S/C10H16N2O/c1-8-5-4-6-9(12-8)11-7-10(2,3)13/h4-6,13H,7H2,1-3H3,(H,11,12). The van der Waals surface area contributed by atoms with E-state index in [-0.39, 0.29) is 0 Å². The molecule has 0 saturated heterocycles. The molecule has 0 bridgehead atoms. The lowest BCUT2D eigenvalue weighted by Gasteiger charge is -2.17. The van der Waals surface area contributed by atoms with Crippen LogP contribution < -0.4 is 5.32 Å². The van der Waals surface area contributed by atoms with Gasteiger partial charge in [-0.3, -0.25) is 0 Å². The van der Waals surface area contributed by atoms with Crippen molar-refractivity contribution in [3.05, 3.63) is 23.9 Å². The molecule has 0 aliphatic rings. The van der Waals surface area contributed by atoms with E-state index in [4.69, 9.17) is 0 Å². The van der Waals surface area contributed by atoms with Crippen molar-refractivity contribution in [2.45, 2.75) is 26.4 Å². The number of aryl methyl sites for hydroxylation is 1. The third-order valence-electron chi connectivity index (χ3n) is 1.59. The van der Waals surface area contributed by atoms with Crippen molar-refractivity contribution in [3.63, 3.8) is 0 Å². The molecule has 1 aromatic heterocycles. The monoisotopic (exact) mass is 180 g/mol. The van der Waals surface area contributed by atoms with Crippen molar-refractivity contribution >= 4 is 5.82 Å². The normalized spacial score (nSPS) is 11.4. The van der Waals surface area contributed by atoms with Crippen molar-refractivity contribution in [2.24, 2.45) is 0 Å². The maximum Gasteiger partial charge on any atom is 0.126 e. The third kappa shape index (κ3) is 3.90. The molecule has 1 rings (SSSR count). The molecule has 0 spiro atoms. The Labute approximate surface area is 78.8 Å². The van der Waals surface area contributed by atoms with Crippen LogP contribution in [0.3, 0.4) is 0 Å². The maximum atomic E-state index is 9.46. The number of pyridine rings is 1. The van der Waals surface area contributed by atoms with Gasteiger partial charge in [-0.25, -0.2) is 4.98 Å². The summed E-state index contributed by atoms with van der Waals surface area (Å²) in [6.45, 7) is 5.96. The zero-order chi connectivity index (χ0) is 9.90. The van der Waals surface area contributed by atoms with Crippen LogP contribution in [-0.2, 0) is 0 Å². The van der Waals surface area contributed by atoms with E-state index in [2.05, 4.69) is 10.3 Å². The van der Waals surface area contributed by atoms with Gasteiger partial charge in [-0.1, -0.05) is 6.07 Å². The fourth-order valence-electron chi connectivity index (χ4n) is 0.948. The van der Waals surface area contributed by atoms with Gasteiger partial charge in [-0.05, 0) is 32.9 Å². The van der Waals surface area contributed by atoms with Crippen molar-refractivity contribution < 1.29 is 5.11 Å². The van der Waals surface area contributed by atoms with Crippen molar-refractivity contribution in [1.29, 1.82) is 0 Å². The Hall–Kier alpha value is -1.09. The van der Waals surface area contributed by atoms with Gasteiger partial charge in [0, 0.05) is 12.2 Å². The van der Waals surface area contributed by atoms with Gasteiger partial charge in [0.2, 0.25) is 0 Å². The smallest absolute Gasteiger partial charge is 0.126 e. The van der Waals surface area contributed by atoms with Gasteiger partial charge in [0.25, 0.3) is 0 Å².